The van der Waals surface area contributed by atoms with Gasteiger partial charge in [-0.15, -0.1) is 0 Å². The average Bonchev–Trinajstić information content (AvgIpc) is 2.68. The largest absolute Gasteiger partial charge is 0.374 e. The normalized spacial score (nSPS) is 21.5. The molecule has 0 bridgehead atoms. The van der Waals surface area contributed by atoms with E-state index in [-0.39, 0.29) is 6.10 Å². The summed E-state index contributed by atoms with van der Waals surface area (Å²) in [5, 5.41) is 7.27. The second-order valence-electron chi connectivity index (χ2n) is 3.48. The van der Waals surface area contributed by atoms with Crippen LogP contribution in [0.1, 0.15) is 10.5 Å². The third kappa shape index (κ3) is 2.54. The molecule has 15 heavy (non-hydrogen) atoms. The number of primary amides is 1. The molecule has 2 rings (SSSR count). The minimum Gasteiger partial charge on any atom is -0.374 e. The van der Waals surface area contributed by atoms with E-state index in [2.05, 4.69) is 10.4 Å². The molecule has 1 aromatic rings. The molecule has 1 aliphatic rings. The number of nitrogens with two attached hydrogens (primary N) is 1. The maximum atomic E-state index is 10.8. The first-order valence-corrected chi connectivity index (χ1v) is 4.91. The molecule has 1 aromatic heterocycles. The molecule has 3 N–H and O–H groups in total. The van der Waals surface area contributed by atoms with Crippen LogP contribution in [0.25, 0.3) is 0 Å². The van der Waals surface area contributed by atoms with Gasteiger partial charge in [-0.2, -0.15) is 5.10 Å². The molecule has 0 spiro atoms. The van der Waals surface area contributed by atoms with E-state index in [0.29, 0.717) is 18.8 Å². The van der Waals surface area contributed by atoms with Crippen LogP contribution in [-0.4, -0.2) is 41.5 Å². The maximum absolute atomic E-state index is 10.8. The Labute approximate surface area is 87.4 Å². The van der Waals surface area contributed by atoms with Crippen molar-refractivity contribution in [2.75, 3.05) is 19.7 Å². The number of aromatic nitrogens is 2. The zero-order valence-electron chi connectivity index (χ0n) is 8.35. The molecule has 1 saturated heterocycles. The molecule has 1 fully saturated rings. The zero-order valence-corrected chi connectivity index (χ0v) is 8.35. The van der Waals surface area contributed by atoms with E-state index in [1.54, 1.807) is 16.9 Å². The van der Waals surface area contributed by atoms with Crippen molar-refractivity contribution in [3.8, 4) is 0 Å². The van der Waals surface area contributed by atoms with Crippen LogP contribution in [0.3, 0.4) is 0 Å². The molecule has 82 valence electrons. The summed E-state index contributed by atoms with van der Waals surface area (Å²) < 4.78 is 7.19. The molecule has 0 aliphatic carbocycles. The van der Waals surface area contributed by atoms with E-state index in [9.17, 15) is 4.79 Å². The molecule has 0 radical (unpaired) electrons. The highest BCUT2D eigenvalue weighted by Crippen LogP contribution is 2.01. The van der Waals surface area contributed by atoms with Gasteiger partial charge in [-0.1, -0.05) is 0 Å². The van der Waals surface area contributed by atoms with Crippen molar-refractivity contribution in [2.45, 2.75) is 12.6 Å². The predicted octanol–water partition coefficient (Wildman–Crippen LogP) is -1.03. The second-order valence-corrected chi connectivity index (χ2v) is 3.48. The highest BCUT2D eigenvalue weighted by Gasteiger charge is 2.14. The van der Waals surface area contributed by atoms with E-state index in [0.717, 1.165) is 13.1 Å². The number of amides is 1. The summed E-state index contributed by atoms with van der Waals surface area (Å²) in [5.74, 6) is -0.503. The van der Waals surface area contributed by atoms with Gasteiger partial charge in [0, 0.05) is 19.3 Å². The molecular formula is C9H14N4O2. The quantitative estimate of drug-likeness (QED) is 0.668. The molecule has 0 saturated carbocycles. The van der Waals surface area contributed by atoms with E-state index in [1.165, 1.54) is 0 Å². The lowest BCUT2D eigenvalue weighted by Crippen LogP contribution is -2.40. The first kappa shape index (κ1) is 10.1. The molecule has 6 nitrogen and oxygen atoms in total. The van der Waals surface area contributed by atoms with Crippen LogP contribution in [0.2, 0.25) is 0 Å². The molecule has 1 atom stereocenters. The zero-order chi connectivity index (χ0) is 10.7. The molecule has 1 aliphatic heterocycles. The highest BCUT2D eigenvalue weighted by atomic mass is 16.5. The lowest BCUT2D eigenvalue weighted by atomic mass is 10.3. The number of hydrogen-bond donors (Lipinski definition) is 2. The third-order valence-electron chi connectivity index (χ3n) is 2.29. The summed E-state index contributed by atoms with van der Waals surface area (Å²) >= 11 is 0. The predicted molar refractivity (Wildman–Crippen MR) is 53.4 cm³/mol. The van der Waals surface area contributed by atoms with Crippen LogP contribution >= 0.6 is 0 Å². The van der Waals surface area contributed by atoms with Gasteiger partial charge in [0.05, 0.1) is 19.3 Å². The van der Waals surface area contributed by atoms with Gasteiger partial charge in [0.1, 0.15) is 5.69 Å². The van der Waals surface area contributed by atoms with Gasteiger partial charge >= 0.3 is 0 Å². The number of morpholine rings is 1. The van der Waals surface area contributed by atoms with E-state index in [1.807, 2.05) is 0 Å². The minimum atomic E-state index is -0.503. The average molecular weight is 210 g/mol. The Kier molecular flexibility index (Phi) is 2.98. The number of carbonyl (C=O) groups excluding carboxylic acids is 1. The van der Waals surface area contributed by atoms with Gasteiger partial charge in [-0.05, 0) is 6.07 Å². The van der Waals surface area contributed by atoms with Gasteiger partial charge in [0.15, 0.2) is 0 Å². The summed E-state index contributed by atoms with van der Waals surface area (Å²) in [6.45, 7) is 3.06. The Morgan fingerprint density at radius 2 is 2.67 bits per heavy atom. The second kappa shape index (κ2) is 4.41. The third-order valence-corrected chi connectivity index (χ3v) is 2.29. The summed E-state index contributed by atoms with van der Waals surface area (Å²) in [5.41, 5.74) is 5.39. The molecule has 6 heteroatoms. The lowest BCUT2D eigenvalue weighted by molar-refractivity contribution is 0.0161. The Balaban J connectivity index is 1.94. The van der Waals surface area contributed by atoms with Crippen molar-refractivity contribution in [2.24, 2.45) is 5.73 Å². The van der Waals surface area contributed by atoms with Crippen LogP contribution in [-0.2, 0) is 11.3 Å². The summed E-state index contributed by atoms with van der Waals surface area (Å²) in [7, 11) is 0. The fourth-order valence-electron chi connectivity index (χ4n) is 1.54. The monoisotopic (exact) mass is 210 g/mol. The first-order chi connectivity index (χ1) is 7.25. The topological polar surface area (TPSA) is 82.2 Å². The summed E-state index contributed by atoms with van der Waals surface area (Å²) in [6.07, 6.45) is 1.84. The number of rotatable bonds is 3. The SMILES string of the molecule is NC(=O)c1ccn(C[C@@H]2CNCCO2)n1. The van der Waals surface area contributed by atoms with Crippen LogP contribution in [0, 0.1) is 0 Å². The number of ether oxygens (including phenoxy) is 1. The maximum Gasteiger partial charge on any atom is 0.269 e. The van der Waals surface area contributed by atoms with Crippen LogP contribution < -0.4 is 11.1 Å². The molecular weight excluding hydrogens is 196 g/mol. The minimum absolute atomic E-state index is 0.111. The highest BCUT2D eigenvalue weighted by molar-refractivity contribution is 5.90. The van der Waals surface area contributed by atoms with Crippen molar-refractivity contribution >= 4 is 5.91 Å². The molecule has 1 amide bonds. The first-order valence-electron chi connectivity index (χ1n) is 4.91. The Bertz CT molecular complexity index is 344. The van der Waals surface area contributed by atoms with Crippen LogP contribution in [0.15, 0.2) is 12.3 Å². The lowest BCUT2D eigenvalue weighted by Gasteiger charge is -2.23. The number of hydrogen-bond acceptors (Lipinski definition) is 4. The standard InChI is InChI=1S/C9H14N4O2/c10-9(14)8-1-3-13(12-8)6-7-5-11-2-4-15-7/h1,3,7,11H,2,4-6H2,(H2,10,14)/t7-/m0/s1. The van der Waals surface area contributed by atoms with Gasteiger partial charge in [-0.25, -0.2) is 0 Å². The van der Waals surface area contributed by atoms with Crippen LogP contribution in [0.4, 0.5) is 0 Å². The van der Waals surface area contributed by atoms with Gasteiger partial charge in [0.25, 0.3) is 5.91 Å². The summed E-state index contributed by atoms with van der Waals surface area (Å²) in [4.78, 5) is 10.8. The Morgan fingerprint density at radius 3 is 3.27 bits per heavy atom. The van der Waals surface area contributed by atoms with Crippen molar-refractivity contribution in [1.29, 1.82) is 0 Å². The van der Waals surface area contributed by atoms with Crippen molar-refractivity contribution in [3.63, 3.8) is 0 Å². The number of nitrogens with one attached hydrogen (secondary N) is 1. The molecule has 0 unspecified atom stereocenters. The van der Waals surface area contributed by atoms with E-state index >= 15 is 0 Å². The number of nitrogens with zero attached hydrogens (tertiary/aromatic N) is 2. The Morgan fingerprint density at radius 1 is 1.80 bits per heavy atom. The van der Waals surface area contributed by atoms with Crippen LogP contribution in [0.5, 0.6) is 0 Å². The van der Waals surface area contributed by atoms with Gasteiger partial charge in [0.2, 0.25) is 0 Å². The molecule has 2 heterocycles. The van der Waals surface area contributed by atoms with E-state index < -0.39 is 5.91 Å². The van der Waals surface area contributed by atoms with Crippen molar-refractivity contribution < 1.29 is 9.53 Å². The van der Waals surface area contributed by atoms with Gasteiger partial charge in [-0.3, -0.25) is 9.48 Å². The fraction of sp³-hybridized carbons (Fsp3) is 0.556. The molecule has 0 aromatic carbocycles. The fourth-order valence-corrected chi connectivity index (χ4v) is 1.54. The smallest absolute Gasteiger partial charge is 0.269 e. The Hall–Kier alpha value is -1.40. The van der Waals surface area contributed by atoms with E-state index in [4.69, 9.17) is 10.5 Å². The van der Waals surface area contributed by atoms with Gasteiger partial charge < -0.3 is 15.8 Å². The summed E-state index contributed by atoms with van der Waals surface area (Å²) in [6, 6.07) is 1.61. The van der Waals surface area contributed by atoms with Crippen molar-refractivity contribution in [1.82, 2.24) is 15.1 Å². The number of carbonyl (C=O) groups is 1. The van der Waals surface area contributed by atoms with Crippen molar-refractivity contribution in [3.05, 3.63) is 18.0 Å².